The van der Waals surface area contributed by atoms with Crippen molar-refractivity contribution >= 4 is 30.8 Å². The molecule has 0 radical (unpaired) electrons. The molecule has 13 heavy (non-hydrogen) atoms. The van der Waals surface area contributed by atoms with Crippen LogP contribution in [0.3, 0.4) is 0 Å². The van der Waals surface area contributed by atoms with Crippen LogP contribution in [0.5, 0.6) is 0 Å². The van der Waals surface area contributed by atoms with Gasteiger partial charge >= 0.3 is 0 Å². The number of halogens is 2. The van der Waals surface area contributed by atoms with Gasteiger partial charge < -0.3 is 11.1 Å². The van der Waals surface area contributed by atoms with Gasteiger partial charge in [0.1, 0.15) is 0 Å². The fraction of sp³-hybridized carbons (Fsp3) is 0.429. The lowest BCUT2D eigenvalue weighted by atomic mass is 9.99. The number of nitrogen functional groups attached to an aromatic ring is 1. The smallest absolute Gasteiger partial charge is 0.220 e. The second kappa shape index (κ2) is 5.21. The standard InChI is InChI=1S/C7H10N4.2ClH/c8-7-10-2-1-6(11-7)5-3-9-4-5;;/h1-2,5,9H,3-4H2,(H2,8,10,11);2*1H. The molecule has 0 saturated carbocycles. The second-order valence-corrected chi connectivity index (χ2v) is 2.69. The van der Waals surface area contributed by atoms with Crippen LogP contribution in [-0.2, 0) is 0 Å². The van der Waals surface area contributed by atoms with E-state index in [0.29, 0.717) is 11.9 Å². The molecule has 0 aromatic carbocycles. The SMILES string of the molecule is Cl.Cl.Nc1nccc(C2CNC2)n1. The first-order chi connectivity index (χ1) is 5.36. The van der Waals surface area contributed by atoms with Gasteiger partial charge in [0.15, 0.2) is 0 Å². The highest BCUT2D eigenvalue weighted by atomic mass is 35.5. The van der Waals surface area contributed by atoms with Crippen LogP contribution in [0, 0.1) is 0 Å². The minimum Gasteiger partial charge on any atom is -0.368 e. The minimum atomic E-state index is 0. The van der Waals surface area contributed by atoms with E-state index < -0.39 is 0 Å². The van der Waals surface area contributed by atoms with Crippen molar-refractivity contribution in [1.29, 1.82) is 0 Å². The number of aromatic nitrogens is 2. The predicted octanol–water partition coefficient (Wildman–Crippen LogP) is 0.589. The van der Waals surface area contributed by atoms with Crippen molar-refractivity contribution in [3.63, 3.8) is 0 Å². The molecule has 4 nitrogen and oxygen atoms in total. The van der Waals surface area contributed by atoms with Crippen LogP contribution in [0.15, 0.2) is 12.3 Å². The van der Waals surface area contributed by atoms with Crippen LogP contribution in [0.25, 0.3) is 0 Å². The first kappa shape index (κ1) is 12.4. The third-order valence-corrected chi connectivity index (χ3v) is 1.90. The van der Waals surface area contributed by atoms with Gasteiger partial charge in [-0.25, -0.2) is 9.97 Å². The van der Waals surface area contributed by atoms with Crippen LogP contribution in [0.2, 0.25) is 0 Å². The van der Waals surface area contributed by atoms with E-state index in [9.17, 15) is 0 Å². The molecule has 2 heterocycles. The van der Waals surface area contributed by atoms with Crippen molar-refractivity contribution < 1.29 is 0 Å². The van der Waals surface area contributed by atoms with E-state index in [2.05, 4.69) is 15.3 Å². The Hall–Kier alpha value is -0.580. The summed E-state index contributed by atoms with van der Waals surface area (Å²) in [5.74, 6) is 0.912. The average Bonchev–Trinajstić information content (AvgIpc) is 1.83. The number of rotatable bonds is 1. The number of nitrogens with one attached hydrogen (secondary N) is 1. The van der Waals surface area contributed by atoms with Crippen molar-refractivity contribution in [3.05, 3.63) is 18.0 Å². The van der Waals surface area contributed by atoms with E-state index >= 15 is 0 Å². The summed E-state index contributed by atoms with van der Waals surface area (Å²) < 4.78 is 0. The number of hydrogen-bond donors (Lipinski definition) is 2. The van der Waals surface area contributed by atoms with Gasteiger partial charge in [-0.05, 0) is 6.07 Å². The van der Waals surface area contributed by atoms with E-state index in [1.807, 2.05) is 6.07 Å². The number of nitrogens with zero attached hydrogens (tertiary/aromatic N) is 2. The van der Waals surface area contributed by atoms with Gasteiger partial charge in [0, 0.05) is 25.2 Å². The molecule has 1 saturated heterocycles. The molecule has 0 amide bonds. The third kappa shape index (κ3) is 2.69. The van der Waals surface area contributed by atoms with Crippen molar-refractivity contribution in [2.75, 3.05) is 18.8 Å². The van der Waals surface area contributed by atoms with Gasteiger partial charge in [-0.1, -0.05) is 0 Å². The number of hydrogen-bond acceptors (Lipinski definition) is 4. The Morgan fingerprint density at radius 3 is 2.54 bits per heavy atom. The molecular formula is C7H12Cl2N4. The Kier molecular flexibility index (Phi) is 4.98. The molecule has 1 aliphatic rings. The van der Waals surface area contributed by atoms with Gasteiger partial charge in [0.25, 0.3) is 0 Å². The van der Waals surface area contributed by atoms with Crippen LogP contribution in [0.4, 0.5) is 5.95 Å². The van der Waals surface area contributed by atoms with E-state index in [-0.39, 0.29) is 24.8 Å². The maximum atomic E-state index is 5.43. The summed E-state index contributed by atoms with van der Waals surface area (Å²) >= 11 is 0. The van der Waals surface area contributed by atoms with Crippen LogP contribution in [0.1, 0.15) is 11.6 Å². The fourth-order valence-corrected chi connectivity index (χ4v) is 1.11. The van der Waals surface area contributed by atoms with Crippen molar-refractivity contribution in [2.45, 2.75) is 5.92 Å². The highest BCUT2D eigenvalue weighted by Crippen LogP contribution is 2.16. The molecule has 1 fully saturated rings. The molecule has 1 aromatic rings. The van der Waals surface area contributed by atoms with Crippen LogP contribution in [-0.4, -0.2) is 23.1 Å². The van der Waals surface area contributed by atoms with Gasteiger partial charge in [-0.3, -0.25) is 0 Å². The largest absolute Gasteiger partial charge is 0.368 e. The third-order valence-electron chi connectivity index (χ3n) is 1.90. The van der Waals surface area contributed by atoms with E-state index in [4.69, 9.17) is 5.73 Å². The van der Waals surface area contributed by atoms with E-state index in [0.717, 1.165) is 18.8 Å². The van der Waals surface area contributed by atoms with Gasteiger partial charge in [0.05, 0.1) is 5.69 Å². The van der Waals surface area contributed by atoms with E-state index in [1.165, 1.54) is 0 Å². The Bertz CT molecular complexity index is 264. The fourth-order valence-electron chi connectivity index (χ4n) is 1.11. The predicted molar refractivity (Wildman–Crippen MR) is 56.6 cm³/mol. The molecule has 0 spiro atoms. The molecule has 0 unspecified atom stereocenters. The maximum Gasteiger partial charge on any atom is 0.220 e. The zero-order chi connectivity index (χ0) is 7.68. The van der Waals surface area contributed by atoms with Gasteiger partial charge in [-0.15, -0.1) is 24.8 Å². The summed E-state index contributed by atoms with van der Waals surface area (Å²) in [5, 5.41) is 3.18. The summed E-state index contributed by atoms with van der Waals surface area (Å²) in [4.78, 5) is 7.95. The first-order valence-electron chi connectivity index (χ1n) is 3.65. The molecule has 6 heteroatoms. The molecule has 3 N–H and O–H groups in total. The van der Waals surface area contributed by atoms with Crippen LogP contribution < -0.4 is 11.1 Å². The second-order valence-electron chi connectivity index (χ2n) is 2.69. The highest BCUT2D eigenvalue weighted by molar-refractivity contribution is 5.85. The Labute approximate surface area is 89.2 Å². The number of anilines is 1. The van der Waals surface area contributed by atoms with E-state index in [1.54, 1.807) is 6.20 Å². The molecule has 74 valence electrons. The molecule has 0 bridgehead atoms. The summed E-state index contributed by atoms with van der Waals surface area (Å²) in [6.07, 6.45) is 1.70. The first-order valence-corrected chi connectivity index (χ1v) is 3.65. The summed E-state index contributed by atoms with van der Waals surface area (Å²) in [6.45, 7) is 2.02. The average molecular weight is 223 g/mol. The lowest BCUT2D eigenvalue weighted by Gasteiger charge is -2.26. The Morgan fingerprint density at radius 2 is 2.08 bits per heavy atom. The maximum absolute atomic E-state index is 5.43. The van der Waals surface area contributed by atoms with Crippen molar-refractivity contribution in [3.8, 4) is 0 Å². The molecule has 2 rings (SSSR count). The van der Waals surface area contributed by atoms with Crippen LogP contribution >= 0.6 is 24.8 Å². The molecule has 1 aromatic heterocycles. The Balaban J connectivity index is 0.000000720. The molecule has 1 aliphatic heterocycles. The monoisotopic (exact) mass is 222 g/mol. The lowest BCUT2D eigenvalue weighted by molar-refractivity contribution is 0.439. The molecular weight excluding hydrogens is 211 g/mol. The van der Waals surface area contributed by atoms with Crippen molar-refractivity contribution in [2.24, 2.45) is 0 Å². The van der Waals surface area contributed by atoms with Gasteiger partial charge in [-0.2, -0.15) is 0 Å². The topological polar surface area (TPSA) is 63.8 Å². The van der Waals surface area contributed by atoms with Gasteiger partial charge in [0.2, 0.25) is 5.95 Å². The zero-order valence-electron chi connectivity index (χ0n) is 6.93. The summed E-state index contributed by atoms with van der Waals surface area (Å²) in [5.41, 5.74) is 6.48. The molecule has 0 atom stereocenters. The normalized spacial score (nSPS) is 15.1. The summed E-state index contributed by atoms with van der Waals surface area (Å²) in [7, 11) is 0. The number of nitrogens with two attached hydrogens (primary N) is 1. The highest BCUT2D eigenvalue weighted by Gasteiger charge is 2.19. The quantitative estimate of drug-likeness (QED) is 0.731. The molecule has 0 aliphatic carbocycles. The van der Waals surface area contributed by atoms with Crippen molar-refractivity contribution in [1.82, 2.24) is 15.3 Å². The lowest BCUT2D eigenvalue weighted by Crippen LogP contribution is -2.40. The minimum absolute atomic E-state index is 0. The summed E-state index contributed by atoms with van der Waals surface area (Å²) in [6, 6.07) is 1.92. The zero-order valence-corrected chi connectivity index (χ0v) is 8.57. The Morgan fingerprint density at radius 1 is 1.38 bits per heavy atom.